The summed E-state index contributed by atoms with van der Waals surface area (Å²) in [5.74, 6) is 1.33. The second kappa shape index (κ2) is 7.03. The first-order chi connectivity index (χ1) is 12.6. The molecule has 0 radical (unpaired) electrons. The number of carbonyl (C=O) groups excluding carboxylic acids is 1. The highest BCUT2D eigenvalue weighted by atomic mass is 32.1. The van der Waals surface area contributed by atoms with Crippen LogP contribution in [0.4, 0.5) is 0 Å². The molecule has 3 heterocycles. The van der Waals surface area contributed by atoms with E-state index in [4.69, 9.17) is 4.52 Å². The van der Waals surface area contributed by atoms with E-state index in [2.05, 4.69) is 47.6 Å². The van der Waals surface area contributed by atoms with E-state index in [9.17, 15) is 4.79 Å². The van der Waals surface area contributed by atoms with Crippen molar-refractivity contribution in [1.29, 1.82) is 0 Å². The molecule has 1 fully saturated rings. The largest absolute Gasteiger partial charge is 0.342 e. The van der Waals surface area contributed by atoms with Crippen molar-refractivity contribution in [3.63, 3.8) is 0 Å². The zero-order valence-corrected chi connectivity index (χ0v) is 15.8. The Morgan fingerprint density at radius 2 is 2.15 bits per heavy atom. The van der Waals surface area contributed by atoms with Crippen molar-refractivity contribution < 1.29 is 9.32 Å². The molecule has 5 nitrogen and oxygen atoms in total. The molecule has 2 aromatic heterocycles. The van der Waals surface area contributed by atoms with E-state index in [1.54, 1.807) is 11.3 Å². The molecule has 1 aromatic carbocycles. The number of hydrogen-bond donors (Lipinski definition) is 0. The fourth-order valence-corrected chi connectivity index (χ4v) is 3.95. The zero-order chi connectivity index (χ0) is 18.1. The number of benzene rings is 1. The van der Waals surface area contributed by atoms with Gasteiger partial charge in [-0.25, -0.2) is 0 Å². The highest BCUT2D eigenvalue weighted by Crippen LogP contribution is 2.29. The summed E-state index contributed by atoms with van der Waals surface area (Å²) in [6.07, 6.45) is 1.35. The van der Waals surface area contributed by atoms with Crippen LogP contribution in [0.15, 0.2) is 40.2 Å². The van der Waals surface area contributed by atoms with E-state index in [-0.39, 0.29) is 11.8 Å². The quantitative estimate of drug-likeness (QED) is 0.684. The van der Waals surface area contributed by atoms with Gasteiger partial charge in [-0.3, -0.25) is 4.79 Å². The fourth-order valence-electron chi connectivity index (χ4n) is 3.25. The van der Waals surface area contributed by atoms with Gasteiger partial charge < -0.3 is 9.42 Å². The Morgan fingerprint density at radius 3 is 2.92 bits per heavy atom. The second-order valence-electron chi connectivity index (χ2n) is 6.83. The van der Waals surface area contributed by atoms with Crippen LogP contribution in [0.1, 0.15) is 34.2 Å². The maximum absolute atomic E-state index is 12.3. The molecule has 1 atom stereocenters. The summed E-state index contributed by atoms with van der Waals surface area (Å²) in [6.45, 7) is 5.55. The smallest absolute Gasteiger partial charge is 0.257 e. The molecule has 0 saturated carbocycles. The third-order valence-electron chi connectivity index (χ3n) is 4.98. The van der Waals surface area contributed by atoms with Crippen molar-refractivity contribution in [1.82, 2.24) is 15.0 Å². The van der Waals surface area contributed by atoms with Crippen LogP contribution in [0, 0.1) is 13.8 Å². The van der Waals surface area contributed by atoms with Crippen molar-refractivity contribution in [3.05, 3.63) is 57.5 Å². The lowest BCUT2D eigenvalue weighted by Gasteiger charge is -2.15. The average Bonchev–Trinajstić information content (AvgIpc) is 3.36. The van der Waals surface area contributed by atoms with Gasteiger partial charge in [0.05, 0.1) is 0 Å². The predicted molar refractivity (Wildman–Crippen MR) is 101 cm³/mol. The minimum absolute atomic E-state index is 0.00915. The average molecular weight is 367 g/mol. The lowest BCUT2D eigenvalue weighted by atomic mass is 10.1. The molecule has 1 saturated heterocycles. The SMILES string of the molecule is Cc1ccc(-c2nc(C3CC(=O)N(CCc4cccs4)C3)no2)cc1C. The van der Waals surface area contributed by atoms with Gasteiger partial charge in [0.2, 0.25) is 5.91 Å². The Morgan fingerprint density at radius 1 is 1.27 bits per heavy atom. The number of amides is 1. The molecule has 0 spiro atoms. The topological polar surface area (TPSA) is 59.2 Å². The van der Waals surface area contributed by atoms with Gasteiger partial charge in [0, 0.05) is 35.9 Å². The van der Waals surface area contributed by atoms with Crippen LogP contribution >= 0.6 is 11.3 Å². The first kappa shape index (κ1) is 17.0. The van der Waals surface area contributed by atoms with Gasteiger partial charge in [0.1, 0.15) is 0 Å². The second-order valence-corrected chi connectivity index (χ2v) is 7.86. The van der Waals surface area contributed by atoms with Gasteiger partial charge in [0.25, 0.3) is 5.89 Å². The van der Waals surface area contributed by atoms with Gasteiger partial charge in [-0.15, -0.1) is 11.3 Å². The van der Waals surface area contributed by atoms with Crippen LogP contribution in [0.2, 0.25) is 0 Å². The molecule has 0 bridgehead atoms. The Bertz CT molecular complexity index is 917. The van der Waals surface area contributed by atoms with Gasteiger partial charge in [-0.1, -0.05) is 17.3 Å². The molecule has 1 amide bonds. The molecule has 1 aliphatic rings. The molecule has 26 heavy (non-hydrogen) atoms. The van der Waals surface area contributed by atoms with Crippen molar-refractivity contribution in [3.8, 4) is 11.5 Å². The van der Waals surface area contributed by atoms with Gasteiger partial charge in [-0.05, 0) is 55.0 Å². The highest BCUT2D eigenvalue weighted by Gasteiger charge is 2.33. The maximum atomic E-state index is 12.3. The van der Waals surface area contributed by atoms with Crippen molar-refractivity contribution in [2.24, 2.45) is 0 Å². The molecule has 3 aromatic rings. The normalized spacial score (nSPS) is 17.2. The van der Waals surface area contributed by atoms with E-state index in [0.717, 1.165) is 18.5 Å². The molecule has 1 unspecified atom stereocenters. The predicted octanol–water partition coefficient (Wildman–Crippen LogP) is 3.97. The minimum atomic E-state index is 0.00915. The third-order valence-corrected chi connectivity index (χ3v) is 5.92. The number of carbonyl (C=O) groups is 1. The first-order valence-corrected chi connectivity index (χ1v) is 9.69. The Hall–Kier alpha value is -2.47. The van der Waals surface area contributed by atoms with Crippen LogP contribution in [0.5, 0.6) is 0 Å². The lowest BCUT2D eigenvalue weighted by molar-refractivity contribution is -0.127. The van der Waals surface area contributed by atoms with Crippen LogP contribution in [-0.4, -0.2) is 34.0 Å². The van der Waals surface area contributed by atoms with Crippen LogP contribution in [0.25, 0.3) is 11.5 Å². The molecule has 1 aliphatic heterocycles. The minimum Gasteiger partial charge on any atom is -0.342 e. The first-order valence-electron chi connectivity index (χ1n) is 8.81. The fraction of sp³-hybridized carbons (Fsp3) is 0.350. The molecular formula is C20H21N3O2S. The summed E-state index contributed by atoms with van der Waals surface area (Å²) < 4.78 is 5.46. The van der Waals surface area contributed by atoms with Gasteiger partial charge in [-0.2, -0.15) is 4.98 Å². The number of rotatable bonds is 5. The number of aromatic nitrogens is 2. The van der Waals surface area contributed by atoms with Crippen molar-refractivity contribution in [2.75, 3.05) is 13.1 Å². The summed E-state index contributed by atoms with van der Waals surface area (Å²) in [5, 5.41) is 6.21. The number of hydrogen-bond acceptors (Lipinski definition) is 5. The molecular weight excluding hydrogens is 346 g/mol. The van der Waals surface area contributed by atoms with Gasteiger partial charge in [0.15, 0.2) is 5.82 Å². The zero-order valence-electron chi connectivity index (χ0n) is 14.9. The van der Waals surface area contributed by atoms with E-state index in [0.29, 0.717) is 24.7 Å². The molecule has 0 N–H and O–H groups in total. The van der Waals surface area contributed by atoms with E-state index in [1.165, 1.54) is 16.0 Å². The third kappa shape index (κ3) is 3.42. The van der Waals surface area contributed by atoms with Crippen molar-refractivity contribution >= 4 is 17.2 Å². The number of aryl methyl sites for hydroxylation is 2. The summed E-state index contributed by atoms with van der Waals surface area (Å²) in [4.78, 5) is 20.1. The standard InChI is InChI=1S/C20H21N3O2S/c1-13-5-6-15(10-14(13)2)20-21-19(22-25-20)16-11-18(24)23(12-16)8-7-17-4-3-9-26-17/h3-6,9-10,16H,7-8,11-12H2,1-2H3. The summed E-state index contributed by atoms with van der Waals surface area (Å²) in [7, 11) is 0. The highest BCUT2D eigenvalue weighted by molar-refractivity contribution is 7.09. The van der Waals surface area contributed by atoms with Crippen LogP contribution in [-0.2, 0) is 11.2 Å². The maximum Gasteiger partial charge on any atom is 0.257 e. The van der Waals surface area contributed by atoms with E-state index >= 15 is 0 Å². The lowest BCUT2D eigenvalue weighted by Crippen LogP contribution is -2.27. The Kier molecular flexibility index (Phi) is 4.59. The summed E-state index contributed by atoms with van der Waals surface area (Å²) in [6, 6.07) is 10.3. The molecule has 0 aliphatic carbocycles. The number of nitrogens with zero attached hydrogens (tertiary/aromatic N) is 3. The van der Waals surface area contributed by atoms with Crippen LogP contribution < -0.4 is 0 Å². The summed E-state index contributed by atoms with van der Waals surface area (Å²) in [5.41, 5.74) is 3.35. The Balaban J connectivity index is 1.44. The number of likely N-dealkylation sites (tertiary alicyclic amines) is 1. The molecule has 6 heteroatoms. The summed E-state index contributed by atoms with van der Waals surface area (Å²) >= 11 is 1.73. The van der Waals surface area contributed by atoms with E-state index < -0.39 is 0 Å². The van der Waals surface area contributed by atoms with Gasteiger partial charge >= 0.3 is 0 Å². The van der Waals surface area contributed by atoms with Crippen molar-refractivity contribution in [2.45, 2.75) is 32.6 Å². The molecule has 134 valence electrons. The monoisotopic (exact) mass is 367 g/mol. The Labute approximate surface area is 156 Å². The molecule has 4 rings (SSSR count). The van der Waals surface area contributed by atoms with Crippen LogP contribution in [0.3, 0.4) is 0 Å². The van der Waals surface area contributed by atoms with E-state index in [1.807, 2.05) is 17.0 Å². The number of thiophene rings is 1.